The first-order chi connectivity index (χ1) is 20.3. The number of hydrogen-bond acceptors (Lipinski definition) is 10. The third-order valence-electron chi connectivity index (χ3n) is 7.89. The molecule has 13 nitrogen and oxygen atoms in total. The van der Waals surface area contributed by atoms with Crippen LogP contribution in [0.15, 0.2) is 17.0 Å². The number of hydrogen-bond donors (Lipinski definition) is 3. The van der Waals surface area contributed by atoms with Gasteiger partial charge in [0, 0.05) is 49.2 Å². The van der Waals surface area contributed by atoms with Crippen LogP contribution in [0.2, 0.25) is 0 Å². The summed E-state index contributed by atoms with van der Waals surface area (Å²) in [5.74, 6) is -2.05. The largest absolute Gasteiger partial charge is 0.481 e. The van der Waals surface area contributed by atoms with Crippen molar-refractivity contribution >= 4 is 49.8 Å². The lowest BCUT2D eigenvalue weighted by atomic mass is 9.98. The van der Waals surface area contributed by atoms with Crippen LogP contribution >= 0.6 is 11.3 Å². The molecule has 234 valence electrons. The molecule has 5 rings (SSSR count). The number of likely N-dealkylation sites (N-methyl/N-ethyl adjacent to an activating group) is 1. The number of aliphatic carboxylic acids is 1. The van der Waals surface area contributed by atoms with Crippen LogP contribution in [-0.4, -0.2) is 100 Å². The molecule has 0 spiro atoms. The molecule has 1 atom stereocenters. The number of rotatable bonds is 12. The Hall–Kier alpha value is -3.28. The van der Waals surface area contributed by atoms with Crippen molar-refractivity contribution in [2.24, 2.45) is 5.92 Å². The number of carbonyl (C=O) groups excluding carboxylic acids is 1. The molecule has 3 aromatic rings. The highest BCUT2D eigenvalue weighted by molar-refractivity contribution is 7.89. The van der Waals surface area contributed by atoms with Crippen molar-refractivity contribution in [1.82, 2.24) is 34.5 Å². The average molecular weight is 641 g/mol. The normalized spacial score (nSPS) is 17.9. The van der Waals surface area contributed by atoms with E-state index in [-0.39, 0.29) is 46.5 Å². The van der Waals surface area contributed by atoms with Crippen molar-refractivity contribution < 1.29 is 31.9 Å². The molecule has 0 radical (unpaired) electrons. The first-order valence-electron chi connectivity index (χ1n) is 13.9. The van der Waals surface area contributed by atoms with E-state index >= 15 is 0 Å². The number of halogens is 2. The summed E-state index contributed by atoms with van der Waals surface area (Å²) in [6.07, 6.45) is -1.26. The van der Waals surface area contributed by atoms with Crippen LogP contribution < -0.4 is 10.0 Å². The molecule has 2 aliphatic rings. The molecule has 3 heterocycles. The first kappa shape index (κ1) is 31.2. The molecule has 43 heavy (non-hydrogen) atoms. The van der Waals surface area contributed by atoms with E-state index in [1.165, 1.54) is 16.8 Å². The molecule has 1 unspecified atom stereocenters. The lowest BCUT2D eigenvalue weighted by Gasteiger charge is -2.32. The molecule has 2 aromatic heterocycles. The average Bonchev–Trinajstić information content (AvgIpc) is 3.33. The second kappa shape index (κ2) is 12.0. The fraction of sp³-hybridized carbons (Fsp3) is 0.577. The van der Waals surface area contributed by atoms with Crippen LogP contribution in [0.4, 0.5) is 14.5 Å². The van der Waals surface area contributed by atoms with E-state index in [0.29, 0.717) is 48.3 Å². The zero-order valence-electron chi connectivity index (χ0n) is 24.0. The van der Waals surface area contributed by atoms with Gasteiger partial charge in [-0.2, -0.15) is 5.10 Å². The maximum absolute atomic E-state index is 13.5. The Morgan fingerprint density at radius 2 is 1.86 bits per heavy atom. The third-order valence-corrected chi connectivity index (χ3v) is 10.4. The van der Waals surface area contributed by atoms with Crippen LogP contribution in [0.3, 0.4) is 0 Å². The van der Waals surface area contributed by atoms with Gasteiger partial charge < -0.3 is 20.2 Å². The van der Waals surface area contributed by atoms with Crippen LogP contribution in [0.5, 0.6) is 0 Å². The molecular formula is C26H34F2N8O5S2. The highest BCUT2D eigenvalue weighted by Crippen LogP contribution is 2.38. The molecular weight excluding hydrogens is 606 g/mol. The van der Waals surface area contributed by atoms with Gasteiger partial charge >= 0.3 is 5.97 Å². The van der Waals surface area contributed by atoms with E-state index in [1.807, 2.05) is 7.05 Å². The van der Waals surface area contributed by atoms with Crippen LogP contribution in [0.1, 0.15) is 50.2 Å². The Labute approximate surface area is 251 Å². The highest BCUT2D eigenvalue weighted by Gasteiger charge is 2.41. The Bertz CT molecular complexity index is 1630. The van der Waals surface area contributed by atoms with Gasteiger partial charge in [-0.05, 0) is 45.4 Å². The second-order valence-electron chi connectivity index (χ2n) is 11.3. The molecule has 1 aromatic carbocycles. The van der Waals surface area contributed by atoms with Crippen molar-refractivity contribution in [3.63, 3.8) is 0 Å². The minimum absolute atomic E-state index is 0.0284. The number of nitrogens with one attached hydrogen (secondary N) is 2. The number of aromatic nitrogens is 4. The van der Waals surface area contributed by atoms with Gasteiger partial charge in [0.05, 0.1) is 28.6 Å². The number of nitrogens with zero attached hydrogens (tertiary/aromatic N) is 6. The lowest BCUT2D eigenvalue weighted by Crippen LogP contribution is -2.48. The number of carboxylic acids is 1. The summed E-state index contributed by atoms with van der Waals surface area (Å²) in [6.45, 7) is 5.91. The first-order valence-corrected chi connectivity index (χ1v) is 16.2. The van der Waals surface area contributed by atoms with Gasteiger partial charge in [0.2, 0.25) is 21.1 Å². The number of benzene rings is 1. The standard InChI is InChI=1S/C26H34F2N8O5S2/c1-4-15(24(38)39)11-18-21-17(29-14-20(37)35-9-7-34(3)8-10-35)12-16(43(40,41)33-26(2)5-6-26)13-19(21)36(32-18)25-31-30-23(42-25)22(27)28/h12-13,15,22,29,33H,4-11,14H2,1-3H3,(H,38,39). The number of carbonyl (C=O) groups is 2. The summed E-state index contributed by atoms with van der Waals surface area (Å²) in [4.78, 5) is 28.8. The van der Waals surface area contributed by atoms with E-state index in [9.17, 15) is 31.9 Å². The zero-order valence-corrected chi connectivity index (χ0v) is 25.6. The summed E-state index contributed by atoms with van der Waals surface area (Å²) < 4.78 is 57.7. The smallest absolute Gasteiger partial charge is 0.306 e. The van der Waals surface area contributed by atoms with Crippen molar-refractivity contribution in [3.8, 4) is 5.13 Å². The fourth-order valence-electron chi connectivity index (χ4n) is 4.93. The monoisotopic (exact) mass is 640 g/mol. The molecule has 1 aliphatic heterocycles. The number of piperazine rings is 1. The Balaban J connectivity index is 1.63. The Kier molecular flexibility index (Phi) is 8.70. The molecule has 3 N–H and O–H groups in total. The number of amides is 1. The predicted molar refractivity (Wildman–Crippen MR) is 155 cm³/mol. The number of fused-ring (bicyclic) bond motifs is 1. The van der Waals surface area contributed by atoms with E-state index in [2.05, 4.69) is 30.2 Å². The van der Waals surface area contributed by atoms with Gasteiger partial charge in [0.25, 0.3) is 6.43 Å². The summed E-state index contributed by atoms with van der Waals surface area (Å²) >= 11 is 0.591. The summed E-state index contributed by atoms with van der Waals surface area (Å²) in [5, 5.41) is 24.6. The van der Waals surface area contributed by atoms with Gasteiger partial charge in [0.15, 0.2) is 5.01 Å². The summed E-state index contributed by atoms with van der Waals surface area (Å²) in [7, 11) is -2.08. The Morgan fingerprint density at radius 3 is 2.44 bits per heavy atom. The van der Waals surface area contributed by atoms with E-state index < -0.39 is 38.9 Å². The van der Waals surface area contributed by atoms with Crippen molar-refractivity contribution in [2.45, 2.75) is 56.4 Å². The van der Waals surface area contributed by atoms with Gasteiger partial charge in [0.1, 0.15) is 0 Å². The quantitative estimate of drug-likeness (QED) is 0.268. The highest BCUT2D eigenvalue weighted by atomic mass is 32.2. The van der Waals surface area contributed by atoms with E-state index in [1.54, 1.807) is 18.7 Å². The number of anilines is 1. The van der Waals surface area contributed by atoms with Crippen LogP contribution in [0.25, 0.3) is 16.0 Å². The maximum atomic E-state index is 13.5. The molecule has 2 fully saturated rings. The number of sulfonamides is 1. The van der Waals surface area contributed by atoms with Crippen molar-refractivity contribution in [1.29, 1.82) is 0 Å². The molecule has 1 saturated heterocycles. The topological polar surface area (TPSA) is 163 Å². The van der Waals surface area contributed by atoms with Gasteiger partial charge in [-0.1, -0.05) is 18.3 Å². The van der Waals surface area contributed by atoms with Gasteiger partial charge in [-0.3, -0.25) is 9.59 Å². The van der Waals surface area contributed by atoms with E-state index in [0.717, 1.165) is 13.1 Å². The molecule has 0 bridgehead atoms. The van der Waals surface area contributed by atoms with E-state index in [4.69, 9.17) is 0 Å². The zero-order chi connectivity index (χ0) is 31.1. The van der Waals surface area contributed by atoms with Crippen LogP contribution in [-0.2, 0) is 26.0 Å². The van der Waals surface area contributed by atoms with Gasteiger partial charge in [-0.15, -0.1) is 10.2 Å². The maximum Gasteiger partial charge on any atom is 0.306 e. The molecule has 1 amide bonds. The van der Waals surface area contributed by atoms with Crippen LogP contribution in [0, 0.1) is 5.92 Å². The second-order valence-corrected chi connectivity index (χ2v) is 14.0. The predicted octanol–water partition coefficient (Wildman–Crippen LogP) is 2.48. The number of carboxylic acid groups (broad SMARTS) is 1. The molecule has 17 heteroatoms. The fourth-order valence-corrected chi connectivity index (χ4v) is 7.11. The van der Waals surface area contributed by atoms with Crippen molar-refractivity contribution in [2.75, 3.05) is 45.1 Å². The minimum Gasteiger partial charge on any atom is -0.481 e. The molecule has 1 saturated carbocycles. The summed E-state index contributed by atoms with van der Waals surface area (Å²) in [5.41, 5.74) is 0.163. The minimum atomic E-state index is -4.05. The lowest BCUT2D eigenvalue weighted by molar-refractivity contribution is -0.141. The SMILES string of the molecule is CCC(Cc1nn(-c2nnc(C(F)F)s2)c2cc(S(=O)(=O)NC3(C)CC3)cc(NCC(=O)N3CCN(C)CC3)c12)C(=O)O. The third kappa shape index (κ3) is 6.78. The molecule has 1 aliphatic carbocycles. The Morgan fingerprint density at radius 1 is 1.16 bits per heavy atom. The summed E-state index contributed by atoms with van der Waals surface area (Å²) in [6, 6.07) is 2.76. The van der Waals surface area contributed by atoms with Crippen molar-refractivity contribution in [3.05, 3.63) is 22.8 Å². The number of alkyl halides is 2. The van der Waals surface area contributed by atoms with Gasteiger partial charge in [-0.25, -0.2) is 26.6 Å².